The van der Waals surface area contributed by atoms with Crippen molar-refractivity contribution < 1.29 is 252 Å². The number of phosphoric acid groups is 1. The predicted molar refractivity (Wildman–Crippen MR) is 361 cm³/mol. The number of amides is 2. The van der Waals surface area contributed by atoms with Crippen molar-refractivity contribution in [3.63, 3.8) is 0 Å². The molecule has 0 spiro atoms. The van der Waals surface area contributed by atoms with Gasteiger partial charge in [-0.15, -0.1) is 0 Å². The summed E-state index contributed by atoms with van der Waals surface area (Å²) in [6, 6.07) is -3.59. The number of aliphatic hydroxyl groups excluding tert-OH is 28. The lowest BCUT2D eigenvalue weighted by Gasteiger charge is -2.51. The molecule has 32 N–H and O–H groups in total. The summed E-state index contributed by atoms with van der Waals surface area (Å²) >= 11 is 0. The van der Waals surface area contributed by atoms with Crippen LogP contribution in [0.3, 0.4) is 0 Å². The van der Waals surface area contributed by atoms with Gasteiger partial charge in [-0.2, -0.15) is 0 Å². The molecule has 9 fully saturated rings. The number of phosphoric ester groups is 1. The molecule has 9 saturated heterocycles. The fraction of sp³-hybridized carbons (Fsp3) is 0.968. The molecule has 2 amide bonds. The van der Waals surface area contributed by atoms with E-state index in [1.165, 1.54) is 0 Å². The third-order valence-electron chi connectivity index (χ3n) is 20.9. The van der Waals surface area contributed by atoms with Gasteiger partial charge < -0.3 is 239 Å². The smallest absolute Gasteiger partial charge is 0.394 e. The first-order chi connectivity index (χ1) is 55.8. The number of hydrogen-bond acceptors (Lipinski definition) is 51. The Hall–Kier alpha value is -2.79. The molecule has 0 bridgehead atoms. The molecule has 9 aliphatic heterocycles. The Balaban J connectivity index is 1.04. The van der Waals surface area contributed by atoms with Crippen LogP contribution in [0.4, 0.5) is 0 Å². The van der Waals surface area contributed by atoms with Gasteiger partial charge in [-0.25, -0.2) is 4.57 Å². The summed E-state index contributed by atoms with van der Waals surface area (Å²) in [5, 5.41) is 315. The molecule has 0 aromatic rings. The molecule has 0 radical (unpaired) electrons. The summed E-state index contributed by atoms with van der Waals surface area (Å²) in [7, 11) is -4.87. The SMILES string of the molecule is CC(=O)N[C@@H]1[C@@H](O)[C@H](O[C@@H]2O[C@H](CO)[C@@H](O[C@@H]3O[C@H](CO[C@H]4O[C@H](CO[C@H]5O[C@H](CO)[C@@H](O)[C@H](O)[C@@H]5O)[C@@H](O)[C@H](O[C@H]5O[C@H](CO)[C@@H](O)[C@H](O)[C@@H]5O)[C@@H]4O)[C@@H](O)[C@H](O[C@H]4O[C@H](CO)[C@@H](O)[C@H](O)[C@@H]4O[C@H]4O[C@H](CO)[C@@H](O)[C@H](O)[C@@H]4O[C@H]4O[C@H](CO)[C@@H](O)[C@H](O)[C@@H]4O)[C@@H]3O)[C@H](O)[C@H]2NC(C)=O)[C@@H](CO)O[C@H]1NCCOP(=O)(O)OCC(O)CO. The van der Waals surface area contributed by atoms with Crippen molar-refractivity contribution >= 4 is 19.6 Å². The van der Waals surface area contributed by atoms with E-state index in [2.05, 4.69) is 20.5 Å². The summed E-state index contributed by atoms with van der Waals surface area (Å²) in [6.07, 6.45) is -93.4. The van der Waals surface area contributed by atoms with E-state index >= 15 is 0 Å². The van der Waals surface area contributed by atoms with Crippen molar-refractivity contribution in [1.29, 1.82) is 0 Å². The van der Waals surface area contributed by atoms with Crippen LogP contribution in [-0.2, 0) is 104 Å². The zero-order valence-electron chi connectivity index (χ0n) is 62.6. The molecule has 2 unspecified atom stereocenters. The molecule has 688 valence electrons. The van der Waals surface area contributed by atoms with Gasteiger partial charge in [0.05, 0.1) is 85.3 Å². The van der Waals surface area contributed by atoms with Crippen molar-refractivity contribution in [2.75, 3.05) is 85.8 Å². The van der Waals surface area contributed by atoms with Crippen LogP contribution < -0.4 is 16.0 Å². The second kappa shape index (κ2) is 44.1. The van der Waals surface area contributed by atoms with Crippen LogP contribution in [0, 0.1) is 0 Å². The number of hydrogen-bond donors (Lipinski definition) is 32. The second-order valence-electron chi connectivity index (χ2n) is 29.1. The largest absolute Gasteiger partial charge is 0.472 e. The number of carbonyl (C=O) groups is 2. The molecule has 0 aromatic heterocycles. The van der Waals surface area contributed by atoms with Crippen LogP contribution in [-0.4, -0.2) is 528 Å². The molecular formula is C63H110N3O51P. The minimum absolute atomic E-state index is 0.433. The molecular weight excluding hydrogens is 1650 g/mol. The third-order valence-corrected chi connectivity index (χ3v) is 21.9. The van der Waals surface area contributed by atoms with Crippen molar-refractivity contribution in [2.45, 2.75) is 296 Å². The molecule has 118 heavy (non-hydrogen) atoms. The molecule has 9 heterocycles. The fourth-order valence-corrected chi connectivity index (χ4v) is 15.1. The first kappa shape index (κ1) is 99.0. The molecule has 9 rings (SSSR count). The van der Waals surface area contributed by atoms with Gasteiger partial charge in [0, 0.05) is 20.4 Å². The highest BCUT2D eigenvalue weighted by molar-refractivity contribution is 7.47. The number of rotatable bonds is 36. The van der Waals surface area contributed by atoms with Gasteiger partial charge in [0.2, 0.25) is 11.8 Å². The first-order valence-corrected chi connectivity index (χ1v) is 38.8. The molecule has 47 atom stereocenters. The summed E-state index contributed by atoms with van der Waals surface area (Å²) in [6.45, 7) is -10.8. The monoisotopic (exact) mass is 1760 g/mol. The Morgan fingerprint density at radius 1 is 0.331 bits per heavy atom. The number of carbonyl (C=O) groups excluding carboxylic acids is 2. The van der Waals surface area contributed by atoms with Gasteiger partial charge >= 0.3 is 7.82 Å². The Morgan fingerprint density at radius 3 is 1.08 bits per heavy atom. The molecule has 55 heteroatoms. The quantitative estimate of drug-likeness (QED) is 0.0205. The highest BCUT2D eigenvalue weighted by Crippen LogP contribution is 2.44. The lowest BCUT2D eigenvalue weighted by molar-refractivity contribution is -0.408. The number of aliphatic hydroxyl groups is 28. The Labute approximate surface area is 667 Å². The van der Waals surface area contributed by atoms with Crippen molar-refractivity contribution in [3.8, 4) is 0 Å². The topological polar surface area (TPSA) is 849 Å². The van der Waals surface area contributed by atoms with Gasteiger partial charge in [0.25, 0.3) is 0 Å². The Morgan fingerprint density at radius 2 is 0.644 bits per heavy atom. The number of nitrogens with one attached hydrogen (secondary N) is 3. The third kappa shape index (κ3) is 23.0. The van der Waals surface area contributed by atoms with E-state index in [0.717, 1.165) is 13.8 Å². The average Bonchev–Trinajstić information content (AvgIpc) is 0.767. The number of ether oxygens (including phenoxy) is 17. The van der Waals surface area contributed by atoms with E-state index in [0.29, 0.717) is 0 Å². The molecule has 0 saturated carbocycles. The van der Waals surface area contributed by atoms with Gasteiger partial charge in [-0.1, -0.05) is 0 Å². The van der Waals surface area contributed by atoms with Crippen LogP contribution in [0.25, 0.3) is 0 Å². The second-order valence-corrected chi connectivity index (χ2v) is 30.6. The van der Waals surface area contributed by atoms with Crippen molar-refractivity contribution in [1.82, 2.24) is 16.0 Å². The lowest BCUT2D eigenvalue weighted by atomic mass is 9.93. The molecule has 9 aliphatic rings. The van der Waals surface area contributed by atoms with Crippen LogP contribution in [0.5, 0.6) is 0 Å². The van der Waals surface area contributed by atoms with E-state index in [1.54, 1.807) is 0 Å². The van der Waals surface area contributed by atoms with Crippen LogP contribution in [0.2, 0.25) is 0 Å². The minimum Gasteiger partial charge on any atom is -0.394 e. The highest BCUT2D eigenvalue weighted by Gasteiger charge is 2.61. The molecule has 54 nitrogen and oxygen atoms in total. The van der Waals surface area contributed by atoms with E-state index in [9.17, 15) is 157 Å². The maximum Gasteiger partial charge on any atom is 0.472 e. The molecule has 0 aromatic carbocycles. The normalized spacial score (nSPS) is 48.0. The van der Waals surface area contributed by atoms with Crippen molar-refractivity contribution in [3.05, 3.63) is 0 Å². The summed E-state index contributed by atoms with van der Waals surface area (Å²) in [5.74, 6) is -1.80. The highest BCUT2D eigenvalue weighted by atomic mass is 31.2. The summed E-state index contributed by atoms with van der Waals surface area (Å²) in [5.41, 5.74) is 0. The minimum atomic E-state index is -4.87. The van der Waals surface area contributed by atoms with E-state index in [4.69, 9.17) is 90.2 Å². The van der Waals surface area contributed by atoms with Gasteiger partial charge in [-0.3, -0.25) is 24.0 Å². The van der Waals surface area contributed by atoms with E-state index < -0.39 is 388 Å². The zero-order chi connectivity index (χ0) is 87.0. The molecule has 0 aliphatic carbocycles. The maximum atomic E-state index is 13.2. The lowest BCUT2D eigenvalue weighted by Crippen LogP contribution is -2.71. The van der Waals surface area contributed by atoms with Gasteiger partial charge in [-0.05, 0) is 0 Å². The summed E-state index contributed by atoms with van der Waals surface area (Å²) in [4.78, 5) is 35.9. The van der Waals surface area contributed by atoms with Crippen LogP contribution >= 0.6 is 7.82 Å². The summed E-state index contributed by atoms with van der Waals surface area (Å²) < 4.78 is 122. The average molecular weight is 1760 g/mol. The van der Waals surface area contributed by atoms with E-state index in [1.807, 2.05) is 0 Å². The van der Waals surface area contributed by atoms with Gasteiger partial charge in [0.1, 0.15) is 226 Å². The zero-order valence-corrected chi connectivity index (χ0v) is 63.5. The fourth-order valence-electron chi connectivity index (χ4n) is 14.4. The predicted octanol–water partition coefficient (Wildman–Crippen LogP) is -21.3. The standard InChI is InChI=1S/C63H110N3O51P/c1-16(75)65-28-37(85)49(24(11-73)103-55(28)64-3-4-101-118(97,98)102-13-18(77)5-67)112-56-29(66-17(2)76)38(86)50(25(12-74)109-56)113-61-48(96)52(115-62-54(43(91)34(82)22(9-71)107-62)117-63-53(42(90)33(81)23(10-72)108-63)116-60-46(94)41(89)32(80)21(8-70)106-60)36(84)27(111-61)15-100-58-47(95)51(114-59-45(93)40(88)31(79)20(7-69)105-59)35(83)26(110-58)14-99-57-44(92)39(87)30(78)19(6-68)104-57/h18-64,67-74,77-96H,3-15H2,1-2H3,(H,65,75)(H,66,76)(H,97,98)/t18?,19-,20-,21-,22-,23-,24-,25-,26-,27-,28-,29-,30-,31-,32-,33-,34-,35-,36-,37-,38-,39+,40+,41+,42+,43+,44+,45+,46+,47+,48+,49-,50-,51+,52+,53+,54+,55-,56+,57+,58+,59-,60-,61+,62-,63-/m1/s1. The Kier molecular flexibility index (Phi) is 37.0. The first-order valence-electron chi connectivity index (χ1n) is 37.3. The van der Waals surface area contributed by atoms with Crippen LogP contribution in [0.1, 0.15) is 13.8 Å². The van der Waals surface area contributed by atoms with Gasteiger partial charge in [0.15, 0.2) is 50.3 Å². The van der Waals surface area contributed by atoms with E-state index in [-0.39, 0.29) is 0 Å². The maximum absolute atomic E-state index is 13.2. The van der Waals surface area contributed by atoms with Crippen molar-refractivity contribution in [2.24, 2.45) is 0 Å². The van der Waals surface area contributed by atoms with Crippen LogP contribution in [0.15, 0.2) is 0 Å². The Bertz CT molecular complexity index is 3090.